The van der Waals surface area contributed by atoms with Crippen LogP contribution in [0.3, 0.4) is 0 Å². The molecule has 2 unspecified atom stereocenters. The third-order valence-corrected chi connectivity index (χ3v) is 1.78. The first-order valence-corrected chi connectivity index (χ1v) is 3.61. The maximum Gasteiger partial charge on any atom is 0.254 e. The molecule has 0 aromatic heterocycles. The zero-order valence-electron chi connectivity index (χ0n) is 4.87. The molecule has 0 spiro atoms. The lowest BCUT2D eigenvalue weighted by Gasteiger charge is -2.23. The van der Waals surface area contributed by atoms with Crippen LogP contribution in [0.1, 0.15) is 0 Å². The van der Waals surface area contributed by atoms with E-state index in [0.29, 0.717) is 0 Å². The van der Waals surface area contributed by atoms with Gasteiger partial charge in [0, 0.05) is 0 Å². The van der Waals surface area contributed by atoms with Gasteiger partial charge in [-0.3, -0.25) is 9.59 Å². The van der Waals surface area contributed by atoms with E-state index in [2.05, 4.69) is 35.9 Å². The predicted octanol–water partition coefficient (Wildman–Crippen LogP) is -1.26. The lowest BCUT2D eigenvalue weighted by Crippen LogP contribution is -2.57. The SMILES string of the molecule is O=C1NC(S)C(=O)NC1S. The van der Waals surface area contributed by atoms with Crippen molar-refractivity contribution in [1.29, 1.82) is 0 Å². The van der Waals surface area contributed by atoms with Crippen LogP contribution in [0.2, 0.25) is 0 Å². The molecule has 1 aliphatic rings. The van der Waals surface area contributed by atoms with Crippen LogP contribution >= 0.6 is 25.3 Å². The predicted molar refractivity (Wildman–Crippen MR) is 41.8 cm³/mol. The van der Waals surface area contributed by atoms with Gasteiger partial charge in [0.15, 0.2) is 10.7 Å². The molecule has 0 radical (unpaired) electrons. The van der Waals surface area contributed by atoms with E-state index in [4.69, 9.17) is 0 Å². The van der Waals surface area contributed by atoms with Gasteiger partial charge in [-0.1, -0.05) is 0 Å². The Hall–Kier alpha value is -0.360. The summed E-state index contributed by atoms with van der Waals surface area (Å²) >= 11 is 7.56. The molecule has 1 fully saturated rings. The van der Waals surface area contributed by atoms with Gasteiger partial charge in [0.1, 0.15) is 0 Å². The molecule has 4 nitrogen and oxygen atoms in total. The fourth-order valence-electron chi connectivity index (χ4n) is 0.558. The van der Waals surface area contributed by atoms with E-state index in [0.717, 1.165) is 0 Å². The molecule has 0 bridgehead atoms. The largest absolute Gasteiger partial charge is 0.334 e. The van der Waals surface area contributed by atoms with Gasteiger partial charge in [0.2, 0.25) is 0 Å². The van der Waals surface area contributed by atoms with E-state index >= 15 is 0 Å². The van der Waals surface area contributed by atoms with Gasteiger partial charge in [-0.2, -0.15) is 0 Å². The van der Waals surface area contributed by atoms with E-state index in [1.165, 1.54) is 0 Å². The van der Waals surface area contributed by atoms with Crippen LogP contribution in [-0.2, 0) is 9.59 Å². The highest BCUT2D eigenvalue weighted by Gasteiger charge is 2.28. The molecular weight excluding hydrogens is 172 g/mol. The highest BCUT2D eigenvalue weighted by Crippen LogP contribution is 2.01. The smallest absolute Gasteiger partial charge is 0.254 e. The fraction of sp³-hybridized carbons (Fsp3) is 0.500. The number of hydrogen-bond acceptors (Lipinski definition) is 4. The van der Waals surface area contributed by atoms with E-state index in [1.54, 1.807) is 0 Å². The van der Waals surface area contributed by atoms with Crippen LogP contribution < -0.4 is 10.6 Å². The average molecular weight is 178 g/mol. The maximum atomic E-state index is 10.7. The molecule has 0 aromatic carbocycles. The van der Waals surface area contributed by atoms with E-state index in [-0.39, 0.29) is 11.8 Å². The van der Waals surface area contributed by atoms with Gasteiger partial charge in [0.05, 0.1) is 0 Å². The molecule has 0 saturated carbocycles. The molecule has 1 heterocycles. The second-order valence-corrected chi connectivity index (χ2v) is 2.86. The van der Waals surface area contributed by atoms with Crippen LogP contribution in [0.4, 0.5) is 0 Å². The van der Waals surface area contributed by atoms with Crippen LogP contribution in [-0.4, -0.2) is 22.6 Å². The quantitative estimate of drug-likeness (QED) is 0.350. The highest BCUT2D eigenvalue weighted by molar-refractivity contribution is 7.82. The number of amides is 2. The number of hydrogen-bond donors (Lipinski definition) is 4. The summed E-state index contributed by atoms with van der Waals surface area (Å²) < 4.78 is 0. The van der Waals surface area contributed by atoms with Gasteiger partial charge in [-0.15, -0.1) is 25.3 Å². The lowest BCUT2D eigenvalue weighted by molar-refractivity contribution is -0.132. The van der Waals surface area contributed by atoms with Gasteiger partial charge < -0.3 is 10.6 Å². The summed E-state index contributed by atoms with van der Waals surface area (Å²) in [5.41, 5.74) is 0. The first-order chi connectivity index (χ1) is 4.61. The second kappa shape index (κ2) is 2.71. The minimum atomic E-state index is -0.740. The molecule has 0 aromatic rings. The number of carbonyl (C=O) groups excluding carboxylic acids is 2. The van der Waals surface area contributed by atoms with Crippen LogP contribution in [0.15, 0.2) is 0 Å². The molecule has 1 saturated heterocycles. The number of thiol groups is 2. The Balaban J connectivity index is 2.63. The first kappa shape index (κ1) is 7.74. The molecule has 6 heteroatoms. The van der Waals surface area contributed by atoms with Crippen LogP contribution in [0.25, 0.3) is 0 Å². The molecule has 2 N–H and O–H groups in total. The maximum absolute atomic E-state index is 10.7. The summed E-state index contributed by atoms with van der Waals surface area (Å²) in [6.45, 7) is 0. The summed E-state index contributed by atoms with van der Waals surface area (Å²) in [5.74, 6) is -0.661. The topological polar surface area (TPSA) is 58.2 Å². The first-order valence-electron chi connectivity index (χ1n) is 2.58. The summed E-state index contributed by atoms with van der Waals surface area (Å²) in [7, 11) is 0. The Bertz CT molecular complexity index is 164. The van der Waals surface area contributed by atoms with Gasteiger partial charge >= 0.3 is 0 Å². The Morgan fingerprint density at radius 2 is 1.30 bits per heavy atom. The zero-order chi connectivity index (χ0) is 7.72. The van der Waals surface area contributed by atoms with Crippen molar-refractivity contribution in [2.45, 2.75) is 10.7 Å². The standard InChI is InChI=1S/C4H6N2O2S2/c7-1-3(9)6-2(8)4(10)5-1/h3-4,9-10H,(H,5,7)(H,6,8). The molecule has 1 aliphatic heterocycles. The van der Waals surface area contributed by atoms with Gasteiger partial charge in [0.25, 0.3) is 11.8 Å². The van der Waals surface area contributed by atoms with Crippen molar-refractivity contribution in [3.05, 3.63) is 0 Å². The number of carbonyl (C=O) groups is 2. The van der Waals surface area contributed by atoms with Crippen molar-refractivity contribution in [1.82, 2.24) is 10.6 Å². The molecule has 2 amide bonds. The van der Waals surface area contributed by atoms with Crippen molar-refractivity contribution in [2.24, 2.45) is 0 Å². The zero-order valence-corrected chi connectivity index (χ0v) is 6.65. The van der Waals surface area contributed by atoms with E-state index in [9.17, 15) is 9.59 Å². The molecule has 2 atom stereocenters. The molecule has 10 heavy (non-hydrogen) atoms. The fourth-order valence-corrected chi connectivity index (χ4v) is 0.962. The van der Waals surface area contributed by atoms with Crippen molar-refractivity contribution in [3.63, 3.8) is 0 Å². The third kappa shape index (κ3) is 1.38. The molecule has 56 valence electrons. The summed E-state index contributed by atoms with van der Waals surface area (Å²) in [4.78, 5) is 21.4. The molecular formula is C4H6N2O2S2. The van der Waals surface area contributed by atoms with E-state index in [1.807, 2.05) is 0 Å². The second-order valence-electron chi connectivity index (χ2n) is 1.82. The average Bonchev–Trinajstić information content (AvgIpc) is 1.84. The van der Waals surface area contributed by atoms with E-state index < -0.39 is 10.7 Å². The van der Waals surface area contributed by atoms with Gasteiger partial charge in [-0.25, -0.2) is 0 Å². The molecule has 0 aliphatic carbocycles. The molecule has 1 rings (SSSR count). The monoisotopic (exact) mass is 178 g/mol. The third-order valence-electron chi connectivity index (χ3n) is 1.05. The Kier molecular flexibility index (Phi) is 2.10. The minimum Gasteiger partial charge on any atom is -0.334 e. The lowest BCUT2D eigenvalue weighted by atomic mass is 10.4. The Labute approximate surface area is 68.6 Å². The Morgan fingerprint density at radius 1 is 1.00 bits per heavy atom. The summed E-state index contributed by atoms with van der Waals surface area (Å²) in [6.07, 6.45) is 0. The van der Waals surface area contributed by atoms with Crippen molar-refractivity contribution in [2.75, 3.05) is 0 Å². The van der Waals surface area contributed by atoms with Gasteiger partial charge in [-0.05, 0) is 0 Å². The normalized spacial score (nSPS) is 33.0. The minimum absolute atomic E-state index is 0.331. The van der Waals surface area contributed by atoms with Crippen molar-refractivity contribution >= 4 is 37.1 Å². The highest BCUT2D eigenvalue weighted by atomic mass is 32.1. The van der Waals surface area contributed by atoms with Crippen molar-refractivity contribution in [3.8, 4) is 0 Å². The number of rotatable bonds is 0. The number of nitrogens with one attached hydrogen (secondary N) is 2. The van der Waals surface area contributed by atoms with Crippen LogP contribution in [0, 0.1) is 0 Å². The van der Waals surface area contributed by atoms with Crippen molar-refractivity contribution < 1.29 is 9.59 Å². The van der Waals surface area contributed by atoms with Crippen LogP contribution in [0.5, 0.6) is 0 Å². The summed E-state index contributed by atoms with van der Waals surface area (Å²) in [6, 6.07) is 0. The Morgan fingerprint density at radius 3 is 1.60 bits per heavy atom. The summed E-state index contributed by atoms with van der Waals surface area (Å²) in [5, 5.41) is 3.15. The number of piperazine rings is 1.